The Morgan fingerprint density at radius 3 is 2.68 bits per heavy atom. The summed E-state index contributed by atoms with van der Waals surface area (Å²) >= 11 is 6.15. The smallest absolute Gasteiger partial charge is 0.248 e. The topological polar surface area (TPSA) is 66.6 Å². The third-order valence-electron chi connectivity index (χ3n) is 2.98. The molecule has 0 aliphatic heterocycles. The molecule has 0 aliphatic rings. The largest absolute Gasteiger partial charge is 0.395 e. The Kier molecular flexibility index (Phi) is 6.84. The molecular weight excluding hydrogens is 264 g/mol. The molecule has 0 heterocycles. The van der Waals surface area contributed by atoms with E-state index < -0.39 is 5.91 Å². The molecule has 0 radical (unpaired) electrons. The van der Waals surface area contributed by atoms with Gasteiger partial charge in [0.25, 0.3) is 0 Å². The SMILES string of the molecule is CCCCN(CCO)Cc1ccc(C(N)=O)cc1Cl. The fraction of sp³-hybridized carbons (Fsp3) is 0.500. The lowest BCUT2D eigenvalue weighted by Crippen LogP contribution is -2.27. The van der Waals surface area contributed by atoms with Crippen molar-refractivity contribution in [2.45, 2.75) is 26.3 Å². The number of hydrogen-bond donors (Lipinski definition) is 2. The number of nitrogens with zero attached hydrogens (tertiary/aromatic N) is 1. The van der Waals surface area contributed by atoms with Crippen LogP contribution in [0.5, 0.6) is 0 Å². The predicted molar refractivity (Wildman–Crippen MR) is 77.2 cm³/mol. The van der Waals surface area contributed by atoms with Crippen molar-refractivity contribution in [3.05, 3.63) is 34.3 Å². The zero-order valence-corrected chi connectivity index (χ0v) is 12.0. The Hall–Kier alpha value is -1.10. The number of aliphatic hydroxyl groups excluding tert-OH is 1. The molecule has 0 aliphatic carbocycles. The molecule has 3 N–H and O–H groups in total. The number of hydrogen-bond acceptors (Lipinski definition) is 3. The molecule has 106 valence electrons. The van der Waals surface area contributed by atoms with Crippen LogP contribution in [-0.2, 0) is 6.54 Å². The minimum Gasteiger partial charge on any atom is -0.395 e. The van der Waals surface area contributed by atoms with Crippen LogP contribution in [0.1, 0.15) is 35.7 Å². The number of primary amides is 1. The summed E-state index contributed by atoms with van der Waals surface area (Å²) in [6.07, 6.45) is 2.19. The number of benzene rings is 1. The number of carbonyl (C=O) groups is 1. The number of unbranched alkanes of at least 4 members (excludes halogenated alkanes) is 1. The zero-order chi connectivity index (χ0) is 14.3. The summed E-state index contributed by atoms with van der Waals surface area (Å²) in [5.74, 6) is -0.480. The van der Waals surface area contributed by atoms with Gasteiger partial charge in [0.1, 0.15) is 0 Å². The van der Waals surface area contributed by atoms with Gasteiger partial charge in [0.2, 0.25) is 5.91 Å². The standard InChI is InChI=1S/C14H21ClN2O2/c1-2-3-6-17(7-8-18)10-12-5-4-11(14(16)19)9-13(12)15/h4-5,9,18H,2-3,6-8,10H2,1H3,(H2,16,19). The molecule has 1 aromatic rings. The summed E-state index contributed by atoms with van der Waals surface area (Å²) < 4.78 is 0. The molecule has 0 aromatic heterocycles. The summed E-state index contributed by atoms with van der Waals surface area (Å²) in [5, 5.41) is 9.60. The summed E-state index contributed by atoms with van der Waals surface area (Å²) in [6, 6.07) is 5.09. The van der Waals surface area contributed by atoms with E-state index >= 15 is 0 Å². The van der Waals surface area contributed by atoms with Crippen LogP contribution in [-0.4, -0.2) is 35.6 Å². The van der Waals surface area contributed by atoms with E-state index in [1.54, 1.807) is 12.1 Å². The average molecular weight is 285 g/mol. The van der Waals surface area contributed by atoms with E-state index in [9.17, 15) is 4.79 Å². The van der Waals surface area contributed by atoms with Crippen molar-refractivity contribution in [1.82, 2.24) is 4.90 Å². The molecule has 4 nitrogen and oxygen atoms in total. The maximum absolute atomic E-state index is 11.1. The van der Waals surface area contributed by atoms with E-state index in [4.69, 9.17) is 22.4 Å². The van der Waals surface area contributed by atoms with Crippen LogP contribution in [0.4, 0.5) is 0 Å². The van der Waals surface area contributed by atoms with Crippen LogP contribution >= 0.6 is 11.6 Å². The van der Waals surface area contributed by atoms with E-state index in [0.717, 1.165) is 24.9 Å². The Bertz CT molecular complexity index is 424. The van der Waals surface area contributed by atoms with Gasteiger partial charge in [0, 0.05) is 23.7 Å². The number of nitrogens with two attached hydrogens (primary N) is 1. The predicted octanol–water partition coefficient (Wildman–Crippen LogP) is 2.03. The molecular formula is C14H21ClN2O2. The summed E-state index contributed by atoms with van der Waals surface area (Å²) in [7, 11) is 0. The highest BCUT2D eigenvalue weighted by Gasteiger charge is 2.10. The second-order valence-electron chi connectivity index (χ2n) is 4.52. The normalized spacial score (nSPS) is 10.9. The lowest BCUT2D eigenvalue weighted by atomic mass is 10.1. The molecule has 0 bridgehead atoms. The highest BCUT2D eigenvalue weighted by molar-refractivity contribution is 6.31. The Balaban J connectivity index is 2.75. The Morgan fingerprint density at radius 1 is 1.42 bits per heavy atom. The van der Waals surface area contributed by atoms with Crippen LogP contribution in [0.2, 0.25) is 5.02 Å². The second kappa shape index (κ2) is 8.15. The fourth-order valence-corrected chi connectivity index (χ4v) is 2.10. The molecule has 0 saturated carbocycles. The third kappa shape index (κ3) is 5.19. The molecule has 0 atom stereocenters. The highest BCUT2D eigenvalue weighted by atomic mass is 35.5. The molecule has 0 fully saturated rings. The highest BCUT2D eigenvalue weighted by Crippen LogP contribution is 2.19. The van der Waals surface area contributed by atoms with Crippen LogP contribution in [0.15, 0.2) is 18.2 Å². The zero-order valence-electron chi connectivity index (χ0n) is 11.2. The fourth-order valence-electron chi connectivity index (χ4n) is 1.86. The number of rotatable bonds is 8. The number of aliphatic hydroxyl groups is 1. The van der Waals surface area contributed by atoms with Crippen molar-refractivity contribution in [3.8, 4) is 0 Å². The lowest BCUT2D eigenvalue weighted by molar-refractivity contribution is 0.100. The van der Waals surface area contributed by atoms with Crippen molar-refractivity contribution >= 4 is 17.5 Å². The van der Waals surface area contributed by atoms with Gasteiger partial charge in [-0.15, -0.1) is 0 Å². The van der Waals surface area contributed by atoms with E-state index in [0.29, 0.717) is 23.7 Å². The van der Waals surface area contributed by atoms with Gasteiger partial charge in [0.15, 0.2) is 0 Å². The summed E-state index contributed by atoms with van der Waals surface area (Å²) in [6.45, 7) is 4.46. The van der Waals surface area contributed by atoms with Crippen LogP contribution in [0.25, 0.3) is 0 Å². The van der Waals surface area contributed by atoms with Gasteiger partial charge in [-0.05, 0) is 30.7 Å². The van der Waals surface area contributed by atoms with Gasteiger partial charge >= 0.3 is 0 Å². The molecule has 1 aromatic carbocycles. The average Bonchev–Trinajstić information content (AvgIpc) is 2.38. The molecule has 1 rings (SSSR count). The number of carbonyl (C=O) groups excluding carboxylic acids is 1. The minimum absolute atomic E-state index is 0.126. The molecule has 0 unspecified atom stereocenters. The maximum Gasteiger partial charge on any atom is 0.248 e. The van der Waals surface area contributed by atoms with Gasteiger partial charge in [-0.25, -0.2) is 0 Å². The van der Waals surface area contributed by atoms with Gasteiger partial charge in [0.05, 0.1) is 6.61 Å². The van der Waals surface area contributed by atoms with E-state index in [2.05, 4.69) is 11.8 Å². The molecule has 19 heavy (non-hydrogen) atoms. The van der Waals surface area contributed by atoms with E-state index in [-0.39, 0.29) is 6.61 Å². The van der Waals surface area contributed by atoms with Crippen LogP contribution < -0.4 is 5.73 Å². The minimum atomic E-state index is -0.480. The lowest BCUT2D eigenvalue weighted by Gasteiger charge is -2.21. The first-order chi connectivity index (χ1) is 9.08. The Labute approximate surface area is 119 Å². The van der Waals surface area contributed by atoms with Crippen molar-refractivity contribution in [3.63, 3.8) is 0 Å². The van der Waals surface area contributed by atoms with Crippen LogP contribution in [0, 0.1) is 0 Å². The van der Waals surface area contributed by atoms with Gasteiger partial charge in [-0.3, -0.25) is 9.69 Å². The third-order valence-corrected chi connectivity index (χ3v) is 3.33. The number of halogens is 1. The Morgan fingerprint density at radius 2 is 2.16 bits per heavy atom. The first kappa shape index (κ1) is 16.0. The first-order valence-corrected chi connectivity index (χ1v) is 6.87. The van der Waals surface area contributed by atoms with Gasteiger partial charge < -0.3 is 10.8 Å². The summed E-state index contributed by atoms with van der Waals surface area (Å²) in [5.41, 5.74) is 6.56. The van der Waals surface area contributed by atoms with Gasteiger partial charge in [-0.2, -0.15) is 0 Å². The summed E-state index contributed by atoms with van der Waals surface area (Å²) in [4.78, 5) is 13.2. The molecule has 5 heteroatoms. The van der Waals surface area contributed by atoms with Crippen molar-refractivity contribution in [1.29, 1.82) is 0 Å². The molecule has 0 spiro atoms. The van der Waals surface area contributed by atoms with Gasteiger partial charge in [-0.1, -0.05) is 31.0 Å². The van der Waals surface area contributed by atoms with Crippen molar-refractivity contribution < 1.29 is 9.90 Å². The monoisotopic (exact) mass is 284 g/mol. The van der Waals surface area contributed by atoms with Crippen molar-refractivity contribution in [2.24, 2.45) is 5.73 Å². The quantitative estimate of drug-likeness (QED) is 0.768. The second-order valence-corrected chi connectivity index (χ2v) is 4.93. The first-order valence-electron chi connectivity index (χ1n) is 6.50. The van der Waals surface area contributed by atoms with E-state index in [1.807, 2.05) is 6.07 Å². The van der Waals surface area contributed by atoms with Crippen molar-refractivity contribution in [2.75, 3.05) is 19.7 Å². The number of amides is 1. The van der Waals surface area contributed by atoms with Crippen LogP contribution in [0.3, 0.4) is 0 Å². The van der Waals surface area contributed by atoms with E-state index in [1.165, 1.54) is 0 Å². The molecule has 0 saturated heterocycles. The molecule has 1 amide bonds. The maximum atomic E-state index is 11.1.